The number of ether oxygens (including phenoxy) is 1. The molecular weight excluding hydrogens is 210 g/mol. The van der Waals surface area contributed by atoms with Crippen molar-refractivity contribution in [3.05, 3.63) is 24.3 Å². The number of carbonyl (C=O) groups excluding carboxylic acids is 2. The van der Waals surface area contributed by atoms with Gasteiger partial charge < -0.3 is 9.57 Å². The van der Waals surface area contributed by atoms with Crippen molar-refractivity contribution in [1.82, 2.24) is 0 Å². The number of anilines is 1. The molecule has 0 radical (unpaired) electrons. The SMILES string of the molecule is COc1ccc(N(OC(C)=O)C(C)=O)cc1. The fourth-order valence-electron chi connectivity index (χ4n) is 1.14. The van der Waals surface area contributed by atoms with Crippen molar-refractivity contribution in [2.45, 2.75) is 13.8 Å². The molecule has 0 N–H and O–H groups in total. The van der Waals surface area contributed by atoms with Crippen molar-refractivity contribution >= 4 is 17.6 Å². The Hall–Kier alpha value is -2.04. The molecule has 5 nitrogen and oxygen atoms in total. The summed E-state index contributed by atoms with van der Waals surface area (Å²) in [6, 6.07) is 6.61. The summed E-state index contributed by atoms with van der Waals surface area (Å²) in [5, 5.41) is 0.932. The Bertz CT molecular complexity index is 385. The lowest BCUT2D eigenvalue weighted by atomic mass is 10.3. The largest absolute Gasteiger partial charge is 0.497 e. The van der Waals surface area contributed by atoms with Crippen molar-refractivity contribution in [3.63, 3.8) is 0 Å². The lowest BCUT2D eigenvalue weighted by Gasteiger charge is -2.18. The van der Waals surface area contributed by atoms with Gasteiger partial charge in [-0.25, -0.2) is 4.79 Å². The van der Waals surface area contributed by atoms with Crippen LogP contribution in [0.2, 0.25) is 0 Å². The zero-order chi connectivity index (χ0) is 12.1. The number of hydrogen-bond donors (Lipinski definition) is 0. The molecule has 1 rings (SSSR count). The van der Waals surface area contributed by atoms with Crippen LogP contribution in [0.15, 0.2) is 24.3 Å². The Kier molecular flexibility index (Phi) is 3.88. The van der Waals surface area contributed by atoms with Gasteiger partial charge in [0.1, 0.15) is 5.75 Å². The first kappa shape index (κ1) is 12.0. The number of hydrogen-bond acceptors (Lipinski definition) is 4. The summed E-state index contributed by atoms with van der Waals surface area (Å²) >= 11 is 0. The van der Waals surface area contributed by atoms with Crippen molar-refractivity contribution in [2.24, 2.45) is 0 Å². The summed E-state index contributed by atoms with van der Waals surface area (Å²) < 4.78 is 4.98. The quantitative estimate of drug-likeness (QED) is 0.713. The number of hydroxylamine groups is 1. The van der Waals surface area contributed by atoms with Crippen LogP contribution in [0.4, 0.5) is 5.69 Å². The Morgan fingerprint density at radius 1 is 1.12 bits per heavy atom. The zero-order valence-corrected chi connectivity index (χ0v) is 9.39. The van der Waals surface area contributed by atoms with Gasteiger partial charge in [0.25, 0.3) is 5.91 Å². The van der Waals surface area contributed by atoms with E-state index in [1.54, 1.807) is 31.4 Å². The first-order valence-electron chi connectivity index (χ1n) is 4.68. The standard InChI is InChI=1S/C11H13NO4/c1-8(13)12(16-9(2)14)10-4-6-11(15-3)7-5-10/h4-7H,1-3H3. The number of nitrogens with zero attached hydrogens (tertiary/aromatic N) is 1. The van der Waals surface area contributed by atoms with E-state index >= 15 is 0 Å². The molecule has 16 heavy (non-hydrogen) atoms. The molecule has 0 unspecified atom stereocenters. The number of benzene rings is 1. The molecule has 0 fully saturated rings. The summed E-state index contributed by atoms with van der Waals surface area (Å²) in [5.74, 6) is -0.263. The Morgan fingerprint density at radius 3 is 2.06 bits per heavy atom. The zero-order valence-electron chi connectivity index (χ0n) is 9.39. The van der Waals surface area contributed by atoms with E-state index in [-0.39, 0.29) is 5.91 Å². The van der Waals surface area contributed by atoms with Crippen LogP contribution in [0.3, 0.4) is 0 Å². The molecule has 0 saturated heterocycles. The van der Waals surface area contributed by atoms with E-state index in [1.165, 1.54) is 13.8 Å². The third-order valence-corrected chi connectivity index (χ3v) is 1.81. The van der Waals surface area contributed by atoms with Crippen LogP contribution in [-0.2, 0) is 14.4 Å². The van der Waals surface area contributed by atoms with E-state index in [0.29, 0.717) is 11.4 Å². The average Bonchev–Trinajstić information content (AvgIpc) is 2.25. The van der Waals surface area contributed by atoms with Crippen LogP contribution in [0.1, 0.15) is 13.8 Å². The molecule has 0 aliphatic rings. The monoisotopic (exact) mass is 223 g/mol. The van der Waals surface area contributed by atoms with Crippen LogP contribution < -0.4 is 9.80 Å². The summed E-state index contributed by atoms with van der Waals surface area (Å²) in [7, 11) is 1.55. The Labute approximate surface area is 93.5 Å². The highest BCUT2D eigenvalue weighted by atomic mass is 16.7. The summed E-state index contributed by atoms with van der Waals surface area (Å²) in [6.45, 7) is 2.55. The lowest BCUT2D eigenvalue weighted by Crippen LogP contribution is -2.30. The Morgan fingerprint density at radius 2 is 1.69 bits per heavy atom. The summed E-state index contributed by atoms with van der Waals surface area (Å²) in [5.41, 5.74) is 0.475. The van der Waals surface area contributed by atoms with Crippen molar-refractivity contribution in [1.29, 1.82) is 0 Å². The van der Waals surface area contributed by atoms with Gasteiger partial charge in [-0.05, 0) is 24.3 Å². The minimum Gasteiger partial charge on any atom is -0.497 e. The maximum Gasteiger partial charge on any atom is 0.330 e. The molecule has 1 aromatic rings. The van der Waals surface area contributed by atoms with Crippen LogP contribution in [-0.4, -0.2) is 19.0 Å². The topological polar surface area (TPSA) is 55.8 Å². The van der Waals surface area contributed by atoms with E-state index in [9.17, 15) is 9.59 Å². The number of methoxy groups -OCH3 is 1. The van der Waals surface area contributed by atoms with Crippen molar-refractivity contribution in [2.75, 3.05) is 12.2 Å². The molecular formula is C11H13NO4. The minimum atomic E-state index is -0.550. The van der Waals surface area contributed by atoms with Gasteiger partial charge in [0, 0.05) is 13.8 Å². The van der Waals surface area contributed by atoms with E-state index in [2.05, 4.69) is 0 Å². The number of amides is 1. The first-order valence-corrected chi connectivity index (χ1v) is 4.68. The predicted octanol–water partition coefficient (Wildman–Crippen LogP) is 1.53. The molecule has 0 heterocycles. The van der Waals surface area contributed by atoms with Crippen molar-refractivity contribution in [3.8, 4) is 5.75 Å². The molecule has 0 spiro atoms. The summed E-state index contributed by atoms with van der Waals surface area (Å²) in [4.78, 5) is 26.8. The normalized spacial score (nSPS) is 9.44. The number of carbonyl (C=O) groups is 2. The van der Waals surface area contributed by atoms with Crippen LogP contribution in [0.5, 0.6) is 5.75 Å². The van der Waals surface area contributed by atoms with E-state index in [1.807, 2.05) is 0 Å². The predicted molar refractivity (Wildman–Crippen MR) is 57.9 cm³/mol. The smallest absolute Gasteiger partial charge is 0.330 e. The fraction of sp³-hybridized carbons (Fsp3) is 0.273. The van der Waals surface area contributed by atoms with E-state index in [4.69, 9.17) is 9.57 Å². The molecule has 86 valence electrons. The van der Waals surface area contributed by atoms with Gasteiger partial charge in [0.05, 0.1) is 12.8 Å². The Balaban J connectivity index is 2.92. The maximum atomic E-state index is 11.3. The van der Waals surface area contributed by atoms with Crippen LogP contribution >= 0.6 is 0 Å². The minimum absolute atomic E-state index is 0.375. The molecule has 0 aromatic heterocycles. The van der Waals surface area contributed by atoms with Gasteiger partial charge >= 0.3 is 5.97 Å². The third-order valence-electron chi connectivity index (χ3n) is 1.81. The average molecular weight is 223 g/mol. The highest BCUT2D eigenvalue weighted by Crippen LogP contribution is 2.19. The first-order chi connectivity index (χ1) is 7.54. The van der Waals surface area contributed by atoms with E-state index in [0.717, 1.165) is 5.06 Å². The highest BCUT2D eigenvalue weighted by molar-refractivity contribution is 5.91. The molecule has 5 heteroatoms. The van der Waals surface area contributed by atoms with Gasteiger partial charge in [-0.15, -0.1) is 5.06 Å². The molecule has 0 saturated carbocycles. The molecule has 0 bridgehead atoms. The van der Waals surface area contributed by atoms with Crippen LogP contribution in [0.25, 0.3) is 0 Å². The van der Waals surface area contributed by atoms with Gasteiger partial charge in [-0.2, -0.15) is 0 Å². The second-order valence-corrected chi connectivity index (χ2v) is 3.09. The van der Waals surface area contributed by atoms with Crippen LogP contribution in [0, 0.1) is 0 Å². The molecule has 0 aliphatic carbocycles. The molecule has 1 amide bonds. The highest BCUT2D eigenvalue weighted by Gasteiger charge is 2.14. The second kappa shape index (κ2) is 5.16. The maximum absolute atomic E-state index is 11.3. The van der Waals surface area contributed by atoms with Gasteiger partial charge in [0.15, 0.2) is 0 Å². The van der Waals surface area contributed by atoms with Gasteiger partial charge in [-0.1, -0.05) is 0 Å². The van der Waals surface area contributed by atoms with Gasteiger partial charge in [-0.3, -0.25) is 4.79 Å². The molecule has 0 aliphatic heterocycles. The number of rotatable bonds is 2. The van der Waals surface area contributed by atoms with E-state index < -0.39 is 5.97 Å². The lowest BCUT2D eigenvalue weighted by molar-refractivity contribution is -0.147. The second-order valence-electron chi connectivity index (χ2n) is 3.09. The van der Waals surface area contributed by atoms with Crippen molar-refractivity contribution < 1.29 is 19.2 Å². The molecule has 0 atom stereocenters. The fourth-order valence-corrected chi connectivity index (χ4v) is 1.14. The summed E-state index contributed by atoms with van der Waals surface area (Å²) in [6.07, 6.45) is 0. The third kappa shape index (κ3) is 2.98. The van der Waals surface area contributed by atoms with Gasteiger partial charge in [0.2, 0.25) is 0 Å². The molecule has 1 aromatic carbocycles.